The maximum absolute atomic E-state index is 3.80. The molecule has 0 aromatic heterocycles. The first-order valence-corrected chi connectivity index (χ1v) is 8.78. The van der Waals surface area contributed by atoms with E-state index in [4.69, 9.17) is 0 Å². The van der Waals surface area contributed by atoms with E-state index in [1.807, 2.05) is 11.8 Å². The van der Waals surface area contributed by atoms with Gasteiger partial charge in [0.15, 0.2) is 0 Å². The Labute approximate surface area is 113 Å². The summed E-state index contributed by atoms with van der Waals surface area (Å²) in [7, 11) is 0. The molecule has 0 bridgehead atoms. The molecule has 0 amide bonds. The number of nitrogens with one attached hydrogen (secondary N) is 1. The van der Waals surface area contributed by atoms with Crippen LogP contribution in [0.2, 0.25) is 0 Å². The molecular formula is C15H31NS. The van der Waals surface area contributed by atoms with Gasteiger partial charge in [-0.1, -0.05) is 39.5 Å². The minimum atomic E-state index is 0.525. The second-order valence-corrected chi connectivity index (χ2v) is 7.13. The Kier molecular flexibility index (Phi) is 7.61. The zero-order valence-corrected chi connectivity index (χ0v) is 12.9. The number of unbranched alkanes of at least 4 members (excludes halogenated alkanes) is 3. The average molecular weight is 257 g/mol. The summed E-state index contributed by atoms with van der Waals surface area (Å²) in [6, 6.07) is 0.766. The van der Waals surface area contributed by atoms with Crippen LogP contribution in [0, 0.1) is 5.41 Å². The molecule has 0 aromatic carbocycles. The van der Waals surface area contributed by atoms with Crippen LogP contribution >= 0.6 is 11.8 Å². The van der Waals surface area contributed by atoms with Crippen LogP contribution in [0.15, 0.2) is 0 Å². The lowest BCUT2D eigenvalue weighted by molar-refractivity contribution is 0.168. The van der Waals surface area contributed by atoms with E-state index in [0.29, 0.717) is 5.41 Å². The lowest BCUT2D eigenvalue weighted by atomic mass is 9.73. The Bertz CT molecular complexity index is 191. The molecule has 1 rings (SSSR count). The quantitative estimate of drug-likeness (QED) is 0.644. The first kappa shape index (κ1) is 15.4. The molecule has 1 fully saturated rings. The van der Waals surface area contributed by atoms with Crippen LogP contribution in [0.1, 0.15) is 65.2 Å². The second kappa shape index (κ2) is 8.42. The van der Waals surface area contributed by atoms with Gasteiger partial charge in [-0.25, -0.2) is 0 Å². The maximum Gasteiger partial charge on any atom is 0.0118 e. The SMILES string of the molecule is CSCCCCCCNC1CCCCC1(C)C. The summed E-state index contributed by atoms with van der Waals surface area (Å²) in [5, 5.41) is 3.80. The molecule has 17 heavy (non-hydrogen) atoms. The van der Waals surface area contributed by atoms with E-state index in [-0.39, 0.29) is 0 Å². The molecule has 1 saturated carbocycles. The topological polar surface area (TPSA) is 12.0 Å². The van der Waals surface area contributed by atoms with Crippen molar-refractivity contribution < 1.29 is 0 Å². The van der Waals surface area contributed by atoms with Gasteiger partial charge >= 0.3 is 0 Å². The van der Waals surface area contributed by atoms with Crippen LogP contribution in [0.4, 0.5) is 0 Å². The molecule has 102 valence electrons. The van der Waals surface area contributed by atoms with E-state index >= 15 is 0 Å². The lowest BCUT2D eigenvalue weighted by Crippen LogP contribution is -2.44. The van der Waals surface area contributed by atoms with Crippen LogP contribution in [0.25, 0.3) is 0 Å². The summed E-state index contributed by atoms with van der Waals surface area (Å²) < 4.78 is 0. The molecule has 0 heterocycles. The number of hydrogen-bond donors (Lipinski definition) is 1. The molecular weight excluding hydrogens is 226 g/mol. The minimum absolute atomic E-state index is 0.525. The minimum Gasteiger partial charge on any atom is -0.313 e. The number of hydrogen-bond acceptors (Lipinski definition) is 2. The molecule has 0 radical (unpaired) electrons. The van der Waals surface area contributed by atoms with Gasteiger partial charge in [0, 0.05) is 6.04 Å². The fourth-order valence-corrected chi connectivity index (χ4v) is 3.37. The average Bonchev–Trinajstić information content (AvgIpc) is 2.29. The van der Waals surface area contributed by atoms with E-state index in [2.05, 4.69) is 25.4 Å². The van der Waals surface area contributed by atoms with Crippen molar-refractivity contribution in [2.24, 2.45) is 5.41 Å². The second-order valence-electron chi connectivity index (χ2n) is 6.15. The van der Waals surface area contributed by atoms with Gasteiger partial charge in [0.1, 0.15) is 0 Å². The summed E-state index contributed by atoms with van der Waals surface area (Å²) in [5.74, 6) is 1.34. The third kappa shape index (κ3) is 6.15. The van der Waals surface area contributed by atoms with Crippen molar-refractivity contribution in [2.45, 2.75) is 71.3 Å². The Morgan fingerprint density at radius 2 is 1.88 bits per heavy atom. The van der Waals surface area contributed by atoms with Gasteiger partial charge in [0.25, 0.3) is 0 Å². The van der Waals surface area contributed by atoms with Gasteiger partial charge in [-0.15, -0.1) is 0 Å². The summed E-state index contributed by atoms with van der Waals surface area (Å²) in [5.41, 5.74) is 0.525. The monoisotopic (exact) mass is 257 g/mol. The Balaban J connectivity index is 2.01. The van der Waals surface area contributed by atoms with E-state index in [0.717, 1.165) is 6.04 Å². The van der Waals surface area contributed by atoms with Crippen molar-refractivity contribution in [2.75, 3.05) is 18.6 Å². The van der Waals surface area contributed by atoms with Crippen LogP contribution in [0.3, 0.4) is 0 Å². The van der Waals surface area contributed by atoms with Crippen molar-refractivity contribution in [3.63, 3.8) is 0 Å². The number of rotatable bonds is 8. The van der Waals surface area contributed by atoms with Gasteiger partial charge in [-0.2, -0.15) is 11.8 Å². The predicted octanol–water partition coefficient (Wildman–Crippen LogP) is 4.47. The highest BCUT2D eigenvalue weighted by molar-refractivity contribution is 7.98. The molecule has 0 aromatic rings. The van der Waals surface area contributed by atoms with Gasteiger partial charge in [-0.3, -0.25) is 0 Å². The van der Waals surface area contributed by atoms with Crippen LogP contribution < -0.4 is 5.32 Å². The largest absolute Gasteiger partial charge is 0.313 e. The van der Waals surface area contributed by atoms with E-state index < -0.39 is 0 Å². The van der Waals surface area contributed by atoms with Gasteiger partial charge in [0.05, 0.1) is 0 Å². The Morgan fingerprint density at radius 1 is 1.12 bits per heavy atom. The zero-order valence-electron chi connectivity index (χ0n) is 12.1. The van der Waals surface area contributed by atoms with Crippen LogP contribution in [-0.4, -0.2) is 24.6 Å². The highest BCUT2D eigenvalue weighted by Gasteiger charge is 2.31. The molecule has 1 aliphatic rings. The molecule has 0 spiro atoms. The number of thioether (sulfide) groups is 1. The smallest absolute Gasteiger partial charge is 0.0118 e. The normalized spacial score (nSPS) is 23.8. The standard InChI is InChI=1S/C15H31NS/c1-15(2)11-7-6-10-14(15)16-12-8-4-5-9-13-17-3/h14,16H,4-13H2,1-3H3. The lowest BCUT2D eigenvalue weighted by Gasteiger charge is -2.39. The Morgan fingerprint density at radius 3 is 2.59 bits per heavy atom. The van der Waals surface area contributed by atoms with E-state index in [9.17, 15) is 0 Å². The summed E-state index contributed by atoms with van der Waals surface area (Å²) in [4.78, 5) is 0. The van der Waals surface area contributed by atoms with Gasteiger partial charge < -0.3 is 5.32 Å². The molecule has 1 N–H and O–H groups in total. The first-order chi connectivity index (χ1) is 8.17. The molecule has 2 heteroatoms. The zero-order chi connectivity index (χ0) is 12.6. The van der Waals surface area contributed by atoms with Crippen molar-refractivity contribution >= 4 is 11.8 Å². The summed E-state index contributed by atoms with van der Waals surface area (Å²) in [6.45, 7) is 6.10. The molecule has 1 atom stereocenters. The van der Waals surface area contributed by atoms with Crippen molar-refractivity contribution in [3.05, 3.63) is 0 Å². The third-order valence-corrected chi connectivity index (χ3v) is 4.87. The predicted molar refractivity (Wildman–Crippen MR) is 80.9 cm³/mol. The van der Waals surface area contributed by atoms with Crippen LogP contribution in [-0.2, 0) is 0 Å². The fraction of sp³-hybridized carbons (Fsp3) is 1.00. The third-order valence-electron chi connectivity index (χ3n) is 4.17. The van der Waals surface area contributed by atoms with Crippen molar-refractivity contribution in [1.29, 1.82) is 0 Å². The van der Waals surface area contributed by atoms with Crippen LogP contribution in [0.5, 0.6) is 0 Å². The van der Waals surface area contributed by atoms with E-state index in [1.54, 1.807) is 0 Å². The molecule has 1 aliphatic carbocycles. The van der Waals surface area contributed by atoms with E-state index in [1.165, 1.54) is 63.7 Å². The summed E-state index contributed by atoms with van der Waals surface area (Å²) in [6.07, 6.45) is 13.4. The Hall–Kier alpha value is 0.310. The highest BCUT2D eigenvalue weighted by Crippen LogP contribution is 2.35. The van der Waals surface area contributed by atoms with Crippen molar-refractivity contribution in [1.82, 2.24) is 5.32 Å². The molecule has 1 nitrogen and oxygen atoms in total. The maximum atomic E-state index is 3.80. The molecule has 0 aliphatic heterocycles. The molecule has 0 saturated heterocycles. The van der Waals surface area contributed by atoms with Gasteiger partial charge in [-0.05, 0) is 49.7 Å². The van der Waals surface area contributed by atoms with Gasteiger partial charge in [0.2, 0.25) is 0 Å². The highest BCUT2D eigenvalue weighted by atomic mass is 32.2. The first-order valence-electron chi connectivity index (χ1n) is 7.39. The summed E-state index contributed by atoms with van der Waals surface area (Å²) >= 11 is 1.97. The fourth-order valence-electron chi connectivity index (χ4n) is 2.87. The van der Waals surface area contributed by atoms with Crippen molar-refractivity contribution in [3.8, 4) is 0 Å². The molecule has 1 unspecified atom stereocenters.